The average Bonchev–Trinajstić information content (AvgIpc) is 2.33. The average molecular weight is 271 g/mol. The molecule has 19 heavy (non-hydrogen) atoms. The maximum atomic E-state index is 12.3. The first-order valence-electron chi connectivity index (χ1n) is 6.75. The van der Waals surface area contributed by atoms with E-state index in [2.05, 4.69) is 5.32 Å². The molecule has 1 N–H and O–H groups in total. The summed E-state index contributed by atoms with van der Waals surface area (Å²) in [6.45, 7) is 7.69. The Balaban J connectivity index is 5.04. The molecule has 0 radical (unpaired) electrons. The van der Waals surface area contributed by atoms with Gasteiger partial charge in [0, 0.05) is 14.1 Å². The van der Waals surface area contributed by atoms with Crippen molar-refractivity contribution in [2.75, 3.05) is 28.2 Å². The molecular weight excluding hydrogens is 242 g/mol. The van der Waals surface area contributed by atoms with E-state index < -0.39 is 11.6 Å². The molecule has 0 aromatic heterocycles. The standard InChI is InChI=1S/C14H29N3O2/c1-9-10(2)11(12(18)16(5)6)15-13(19)14(3,4)17(7)8/h10-11H,9H2,1-8H3,(H,15,19)/t10-,11-/m0/s1. The zero-order chi connectivity index (χ0) is 15.4. The van der Waals surface area contributed by atoms with E-state index in [1.165, 1.54) is 4.90 Å². The van der Waals surface area contributed by atoms with Gasteiger partial charge in [-0.2, -0.15) is 0 Å². The first kappa shape index (κ1) is 17.9. The molecule has 0 bridgehead atoms. The van der Waals surface area contributed by atoms with Gasteiger partial charge in [0.2, 0.25) is 11.8 Å². The van der Waals surface area contributed by atoms with Crippen molar-refractivity contribution in [3.05, 3.63) is 0 Å². The van der Waals surface area contributed by atoms with Gasteiger partial charge >= 0.3 is 0 Å². The van der Waals surface area contributed by atoms with Crippen LogP contribution in [-0.2, 0) is 9.59 Å². The van der Waals surface area contributed by atoms with Crippen LogP contribution in [0.3, 0.4) is 0 Å². The molecule has 0 aliphatic heterocycles. The summed E-state index contributed by atoms with van der Waals surface area (Å²) in [6, 6.07) is -0.466. The summed E-state index contributed by atoms with van der Waals surface area (Å²) in [5.74, 6) is -0.0768. The summed E-state index contributed by atoms with van der Waals surface area (Å²) >= 11 is 0. The van der Waals surface area contributed by atoms with Crippen LogP contribution < -0.4 is 5.32 Å². The molecule has 0 rings (SSSR count). The SMILES string of the molecule is CC[C@H](C)[C@H](NC(=O)C(C)(C)N(C)C)C(=O)N(C)C. The van der Waals surface area contributed by atoms with Gasteiger partial charge in [-0.05, 0) is 33.9 Å². The molecule has 0 saturated carbocycles. The molecule has 0 aliphatic rings. The van der Waals surface area contributed by atoms with Crippen molar-refractivity contribution in [2.45, 2.75) is 45.7 Å². The third-order valence-electron chi connectivity index (χ3n) is 3.88. The fraction of sp³-hybridized carbons (Fsp3) is 0.857. The van der Waals surface area contributed by atoms with E-state index >= 15 is 0 Å². The Bertz CT molecular complexity index is 325. The molecule has 0 heterocycles. The second-order valence-electron chi connectivity index (χ2n) is 6.02. The minimum Gasteiger partial charge on any atom is -0.347 e. The molecule has 0 saturated heterocycles. The molecule has 2 atom stereocenters. The van der Waals surface area contributed by atoms with Gasteiger partial charge in [0.05, 0.1) is 5.54 Å². The minimum absolute atomic E-state index is 0.0581. The highest BCUT2D eigenvalue weighted by Crippen LogP contribution is 2.14. The zero-order valence-corrected chi connectivity index (χ0v) is 13.6. The van der Waals surface area contributed by atoms with E-state index in [1.807, 2.05) is 46.7 Å². The third-order valence-corrected chi connectivity index (χ3v) is 3.88. The number of carbonyl (C=O) groups is 2. The van der Waals surface area contributed by atoms with Gasteiger partial charge < -0.3 is 10.2 Å². The Hall–Kier alpha value is -1.10. The van der Waals surface area contributed by atoms with E-state index in [1.54, 1.807) is 14.1 Å². The summed E-state index contributed by atoms with van der Waals surface area (Å²) in [4.78, 5) is 27.9. The zero-order valence-electron chi connectivity index (χ0n) is 13.6. The first-order valence-corrected chi connectivity index (χ1v) is 6.75. The summed E-state index contributed by atoms with van der Waals surface area (Å²) in [7, 11) is 7.12. The number of likely N-dealkylation sites (N-methyl/N-ethyl adjacent to an activating group) is 2. The fourth-order valence-electron chi connectivity index (χ4n) is 1.48. The number of hydrogen-bond donors (Lipinski definition) is 1. The molecule has 0 aromatic carbocycles. The van der Waals surface area contributed by atoms with Crippen molar-refractivity contribution in [1.82, 2.24) is 15.1 Å². The summed E-state index contributed by atoms with van der Waals surface area (Å²) in [5.41, 5.74) is -0.641. The number of rotatable bonds is 6. The molecule has 0 unspecified atom stereocenters. The van der Waals surface area contributed by atoms with Crippen molar-refractivity contribution in [3.8, 4) is 0 Å². The third kappa shape index (κ3) is 4.49. The lowest BCUT2D eigenvalue weighted by atomic mass is 9.95. The lowest BCUT2D eigenvalue weighted by molar-refractivity contribution is -0.139. The largest absolute Gasteiger partial charge is 0.347 e. The molecule has 0 aliphatic carbocycles. The van der Waals surface area contributed by atoms with E-state index in [4.69, 9.17) is 0 Å². The molecule has 2 amide bonds. The molecular formula is C14H29N3O2. The first-order chi connectivity index (χ1) is 8.55. The van der Waals surface area contributed by atoms with E-state index in [0.717, 1.165) is 6.42 Å². The van der Waals surface area contributed by atoms with Gasteiger partial charge in [0.1, 0.15) is 6.04 Å². The van der Waals surface area contributed by atoms with Crippen LogP contribution in [0.4, 0.5) is 0 Å². The van der Waals surface area contributed by atoms with Gasteiger partial charge in [-0.1, -0.05) is 20.3 Å². The Morgan fingerprint density at radius 3 is 1.95 bits per heavy atom. The van der Waals surface area contributed by atoms with Crippen LogP contribution in [-0.4, -0.2) is 61.4 Å². The lowest BCUT2D eigenvalue weighted by Gasteiger charge is -2.34. The number of carbonyl (C=O) groups excluding carboxylic acids is 2. The Morgan fingerprint density at radius 2 is 1.63 bits per heavy atom. The maximum absolute atomic E-state index is 12.3. The molecule has 0 fully saturated rings. The van der Waals surface area contributed by atoms with Gasteiger partial charge in [-0.25, -0.2) is 0 Å². The highest BCUT2D eigenvalue weighted by atomic mass is 16.2. The highest BCUT2D eigenvalue weighted by molar-refractivity contribution is 5.91. The summed E-state index contributed by atoms with van der Waals surface area (Å²) in [5, 5.41) is 2.90. The normalized spacial score (nSPS) is 15.0. The second-order valence-corrected chi connectivity index (χ2v) is 6.02. The minimum atomic E-state index is -0.641. The number of nitrogens with one attached hydrogen (secondary N) is 1. The van der Waals surface area contributed by atoms with E-state index in [0.29, 0.717) is 0 Å². The lowest BCUT2D eigenvalue weighted by Crippen LogP contribution is -2.58. The summed E-state index contributed by atoms with van der Waals surface area (Å²) in [6.07, 6.45) is 0.840. The number of hydrogen-bond acceptors (Lipinski definition) is 3. The van der Waals surface area contributed by atoms with Gasteiger partial charge in [0.15, 0.2) is 0 Å². The predicted molar refractivity (Wildman–Crippen MR) is 77.8 cm³/mol. The molecule has 5 nitrogen and oxygen atoms in total. The van der Waals surface area contributed by atoms with Crippen LogP contribution in [0, 0.1) is 5.92 Å². The predicted octanol–water partition coefficient (Wildman–Crippen LogP) is 0.946. The molecule has 0 spiro atoms. The topological polar surface area (TPSA) is 52.7 Å². The number of nitrogens with zero attached hydrogens (tertiary/aromatic N) is 2. The quantitative estimate of drug-likeness (QED) is 0.782. The van der Waals surface area contributed by atoms with Crippen molar-refractivity contribution < 1.29 is 9.59 Å². The van der Waals surface area contributed by atoms with Crippen LogP contribution in [0.2, 0.25) is 0 Å². The highest BCUT2D eigenvalue weighted by Gasteiger charge is 2.35. The Kier molecular flexibility index (Phi) is 6.49. The van der Waals surface area contributed by atoms with Crippen LogP contribution in [0.5, 0.6) is 0 Å². The van der Waals surface area contributed by atoms with Crippen molar-refractivity contribution in [3.63, 3.8) is 0 Å². The second kappa shape index (κ2) is 6.89. The Labute approximate surface area is 117 Å². The van der Waals surface area contributed by atoms with E-state index in [-0.39, 0.29) is 17.7 Å². The van der Waals surface area contributed by atoms with Crippen molar-refractivity contribution >= 4 is 11.8 Å². The maximum Gasteiger partial charge on any atom is 0.244 e. The van der Waals surface area contributed by atoms with Crippen LogP contribution in [0.25, 0.3) is 0 Å². The van der Waals surface area contributed by atoms with Crippen molar-refractivity contribution in [2.24, 2.45) is 5.92 Å². The van der Waals surface area contributed by atoms with E-state index in [9.17, 15) is 9.59 Å². The van der Waals surface area contributed by atoms with Crippen LogP contribution >= 0.6 is 0 Å². The van der Waals surface area contributed by atoms with Crippen LogP contribution in [0.1, 0.15) is 34.1 Å². The van der Waals surface area contributed by atoms with Crippen molar-refractivity contribution in [1.29, 1.82) is 0 Å². The van der Waals surface area contributed by atoms with Gasteiger partial charge in [-0.15, -0.1) is 0 Å². The molecule has 112 valence electrons. The number of amides is 2. The monoisotopic (exact) mass is 271 g/mol. The van der Waals surface area contributed by atoms with Gasteiger partial charge in [0.25, 0.3) is 0 Å². The summed E-state index contributed by atoms with van der Waals surface area (Å²) < 4.78 is 0. The Morgan fingerprint density at radius 1 is 1.16 bits per heavy atom. The fourth-order valence-corrected chi connectivity index (χ4v) is 1.48. The van der Waals surface area contributed by atoms with Crippen LogP contribution in [0.15, 0.2) is 0 Å². The molecule has 0 aromatic rings. The smallest absolute Gasteiger partial charge is 0.244 e. The molecule has 5 heteroatoms. The van der Waals surface area contributed by atoms with Gasteiger partial charge in [-0.3, -0.25) is 14.5 Å².